The molecule has 0 bridgehead atoms. The van der Waals surface area contributed by atoms with Crippen molar-refractivity contribution in [2.24, 2.45) is 0 Å². The van der Waals surface area contributed by atoms with Gasteiger partial charge in [0, 0.05) is 5.56 Å². The van der Waals surface area contributed by atoms with E-state index in [0.717, 1.165) is 23.6 Å². The molecule has 3 rings (SSSR count). The van der Waals surface area contributed by atoms with Crippen molar-refractivity contribution >= 4 is 5.91 Å². The van der Waals surface area contributed by atoms with Gasteiger partial charge < -0.3 is 10.1 Å². The molecule has 0 spiro atoms. The summed E-state index contributed by atoms with van der Waals surface area (Å²) in [6.45, 7) is 5.87. The highest BCUT2D eigenvalue weighted by Gasteiger charge is 2.11. The normalized spacial score (nSPS) is 10.6. The average Bonchev–Trinajstić information content (AvgIpc) is 2.83. The van der Waals surface area contributed by atoms with Gasteiger partial charge in [-0.25, -0.2) is 8.78 Å². The third-order valence-corrected chi connectivity index (χ3v) is 5.41. The van der Waals surface area contributed by atoms with Crippen molar-refractivity contribution < 1.29 is 18.3 Å². The van der Waals surface area contributed by atoms with E-state index in [9.17, 15) is 13.6 Å². The molecule has 0 saturated carbocycles. The minimum Gasteiger partial charge on any atom is -0.489 e. The largest absolute Gasteiger partial charge is 0.489 e. The highest BCUT2D eigenvalue weighted by atomic mass is 19.1. The van der Waals surface area contributed by atoms with Crippen LogP contribution in [0, 0.1) is 11.6 Å². The van der Waals surface area contributed by atoms with Crippen LogP contribution in [0.25, 0.3) is 22.3 Å². The zero-order chi connectivity index (χ0) is 23.6. The Labute approximate surface area is 194 Å². The van der Waals surface area contributed by atoms with Gasteiger partial charge in [0.25, 0.3) is 0 Å². The number of unbranched alkanes of at least 4 members (excludes halogenated alkanes) is 2. The first-order valence-electron chi connectivity index (χ1n) is 11.2. The molecule has 0 aromatic heterocycles. The molecule has 33 heavy (non-hydrogen) atoms. The summed E-state index contributed by atoms with van der Waals surface area (Å²) in [4.78, 5) is 11.1. The van der Waals surface area contributed by atoms with Crippen LogP contribution in [0.4, 0.5) is 8.78 Å². The number of hydrogen-bond acceptors (Lipinski definition) is 2. The van der Waals surface area contributed by atoms with Crippen molar-refractivity contribution in [3.8, 4) is 28.0 Å². The Morgan fingerprint density at radius 1 is 0.939 bits per heavy atom. The Balaban J connectivity index is 1.67. The molecule has 0 saturated heterocycles. The lowest BCUT2D eigenvalue weighted by Crippen LogP contribution is -2.26. The number of benzene rings is 3. The van der Waals surface area contributed by atoms with E-state index < -0.39 is 11.6 Å². The summed E-state index contributed by atoms with van der Waals surface area (Å²) in [6, 6.07) is 17.5. The van der Waals surface area contributed by atoms with Crippen molar-refractivity contribution in [1.29, 1.82) is 0 Å². The first kappa shape index (κ1) is 24.2. The molecule has 1 amide bonds. The van der Waals surface area contributed by atoms with E-state index in [1.807, 2.05) is 18.2 Å². The summed E-state index contributed by atoms with van der Waals surface area (Å²) in [7, 11) is 0. The van der Waals surface area contributed by atoms with Crippen molar-refractivity contribution in [2.75, 3.05) is 13.2 Å². The molecule has 172 valence electrons. The number of amides is 1. The second-order valence-corrected chi connectivity index (χ2v) is 7.84. The lowest BCUT2D eigenvalue weighted by atomic mass is 9.98. The summed E-state index contributed by atoms with van der Waals surface area (Å²) < 4.78 is 34.7. The van der Waals surface area contributed by atoms with E-state index in [1.165, 1.54) is 43.0 Å². The fourth-order valence-corrected chi connectivity index (χ4v) is 3.56. The van der Waals surface area contributed by atoms with Crippen LogP contribution in [-0.4, -0.2) is 19.1 Å². The van der Waals surface area contributed by atoms with Crippen LogP contribution in [0.1, 0.15) is 31.7 Å². The van der Waals surface area contributed by atoms with E-state index >= 15 is 0 Å². The topological polar surface area (TPSA) is 38.3 Å². The molecule has 0 aliphatic rings. The van der Waals surface area contributed by atoms with E-state index in [0.29, 0.717) is 11.1 Å². The molecule has 0 radical (unpaired) electrons. The van der Waals surface area contributed by atoms with E-state index in [2.05, 4.69) is 31.0 Å². The van der Waals surface area contributed by atoms with Gasteiger partial charge in [-0.2, -0.15) is 0 Å². The minimum absolute atomic E-state index is 0.0441. The maximum absolute atomic E-state index is 14.9. The summed E-state index contributed by atoms with van der Waals surface area (Å²) in [5.41, 5.74) is 3.75. The van der Waals surface area contributed by atoms with Crippen LogP contribution in [0.5, 0.6) is 5.75 Å². The van der Waals surface area contributed by atoms with Gasteiger partial charge in [-0.05, 0) is 59.4 Å². The van der Waals surface area contributed by atoms with Crippen molar-refractivity contribution in [3.63, 3.8) is 0 Å². The second-order valence-electron chi connectivity index (χ2n) is 7.84. The van der Waals surface area contributed by atoms with E-state index in [1.54, 1.807) is 12.1 Å². The predicted molar refractivity (Wildman–Crippen MR) is 129 cm³/mol. The monoisotopic (exact) mass is 449 g/mol. The van der Waals surface area contributed by atoms with E-state index in [-0.39, 0.29) is 24.8 Å². The van der Waals surface area contributed by atoms with Gasteiger partial charge in [-0.3, -0.25) is 4.79 Å². The van der Waals surface area contributed by atoms with Crippen molar-refractivity contribution in [1.82, 2.24) is 5.32 Å². The number of rotatable bonds is 11. The third kappa shape index (κ3) is 6.75. The summed E-state index contributed by atoms with van der Waals surface area (Å²) >= 11 is 0. The molecule has 0 aliphatic heterocycles. The lowest BCUT2D eigenvalue weighted by molar-refractivity contribution is -0.116. The molecule has 0 fully saturated rings. The number of hydrogen-bond donors (Lipinski definition) is 1. The second kappa shape index (κ2) is 12.0. The molecule has 3 aromatic carbocycles. The van der Waals surface area contributed by atoms with Crippen LogP contribution in [-0.2, 0) is 11.2 Å². The Kier molecular flexibility index (Phi) is 8.76. The van der Waals surface area contributed by atoms with Crippen molar-refractivity contribution in [3.05, 3.63) is 90.5 Å². The zero-order valence-corrected chi connectivity index (χ0v) is 18.9. The molecule has 0 atom stereocenters. The standard InChI is InChI=1S/C28H29F2NO2/c1-3-5-6-7-20-8-10-21(11-9-20)22-12-14-24(25(29)18-22)23-13-15-27(26(30)19-23)33-17-16-31-28(32)4-2/h4,8-15,18-19H,2-3,5-7,16-17H2,1H3,(H,31,32). The summed E-state index contributed by atoms with van der Waals surface area (Å²) in [6.07, 6.45) is 5.79. The molecular formula is C28H29F2NO2. The Morgan fingerprint density at radius 3 is 2.30 bits per heavy atom. The zero-order valence-electron chi connectivity index (χ0n) is 18.9. The quantitative estimate of drug-likeness (QED) is 0.261. The molecule has 5 heteroatoms. The van der Waals surface area contributed by atoms with E-state index in [4.69, 9.17) is 4.74 Å². The molecule has 0 aliphatic carbocycles. The van der Waals surface area contributed by atoms with Crippen LogP contribution < -0.4 is 10.1 Å². The molecule has 3 aromatic rings. The van der Waals surface area contributed by atoms with Crippen LogP contribution in [0.15, 0.2) is 73.3 Å². The summed E-state index contributed by atoms with van der Waals surface area (Å²) in [5.74, 6) is -1.29. The molecular weight excluding hydrogens is 420 g/mol. The van der Waals surface area contributed by atoms with Crippen LogP contribution in [0.3, 0.4) is 0 Å². The van der Waals surface area contributed by atoms with Gasteiger partial charge in [-0.15, -0.1) is 0 Å². The number of carbonyl (C=O) groups excluding carboxylic acids is 1. The molecule has 0 unspecified atom stereocenters. The van der Waals surface area contributed by atoms with Gasteiger partial charge in [-0.1, -0.05) is 68.8 Å². The van der Waals surface area contributed by atoms with Gasteiger partial charge in [0.1, 0.15) is 12.4 Å². The molecule has 1 N–H and O–H groups in total. The fraction of sp³-hybridized carbons (Fsp3) is 0.250. The minimum atomic E-state index is -0.593. The average molecular weight is 450 g/mol. The summed E-state index contributed by atoms with van der Waals surface area (Å²) in [5, 5.41) is 2.55. The number of carbonyl (C=O) groups is 1. The lowest BCUT2D eigenvalue weighted by Gasteiger charge is -2.11. The van der Waals surface area contributed by atoms with Gasteiger partial charge in [0.05, 0.1) is 6.54 Å². The maximum Gasteiger partial charge on any atom is 0.243 e. The highest BCUT2D eigenvalue weighted by molar-refractivity contribution is 5.86. The Morgan fingerprint density at radius 2 is 1.64 bits per heavy atom. The number of nitrogens with one attached hydrogen (secondary N) is 1. The number of ether oxygens (including phenoxy) is 1. The highest BCUT2D eigenvalue weighted by Crippen LogP contribution is 2.31. The Hall–Kier alpha value is -3.47. The van der Waals surface area contributed by atoms with Gasteiger partial charge >= 0.3 is 0 Å². The predicted octanol–water partition coefficient (Wildman–Crippen LogP) is 6.71. The Bertz CT molecular complexity index is 1090. The maximum atomic E-state index is 14.9. The van der Waals surface area contributed by atoms with Crippen LogP contribution >= 0.6 is 0 Å². The van der Waals surface area contributed by atoms with Gasteiger partial charge in [0.15, 0.2) is 11.6 Å². The molecule has 3 nitrogen and oxygen atoms in total. The first-order chi connectivity index (χ1) is 16.0. The molecule has 0 heterocycles. The number of aryl methyl sites for hydroxylation is 1. The number of halogens is 2. The first-order valence-corrected chi connectivity index (χ1v) is 11.2. The SMILES string of the molecule is C=CC(=O)NCCOc1ccc(-c2ccc(-c3ccc(CCCCC)cc3)cc2F)cc1F. The fourth-order valence-electron chi connectivity index (χ4n) is 3.56. The van der Waals surface area contributed by atoms with Gasteiger partial charge in [0.2, 0.25) is 5.91 Å². The smallest absolute Gasteiger partial charge is 0.243 e. The van der Waals surface area contributed by atoms with Crippen LogP contribution in [0.2, 0.25) is 0 Å². The van der Waals surface area contributed by atoms with Crippen molar-refractivity contribution in [2.45, 2.75) is 32.6 Å². The third-order valence-electron chi connectivity index (χ3n) is 5.41.